The number of benzene rings is 1. The van der Waals surface area contributed by atoms with E-state index in [0.717, 1.165) is 0 Å². The van der Waals surface area contributed by atoms with Gasteiger partial charge in [0.05, 0.1) is 25.2 Å². The Morgan fingerprint density at radius 1 is 1.33 bits per heavy atom. The second kappa shape index (κ2) is 5.94. The van der Waals surface area contributed by atoms with Gasteiger partial charge in [-0.2, -0.15) is 0 Å². The Hall–Kier alpha value is -2.38. The van der Waals surface area contributed by atoms with Crippen molar-refractivity contribution in [2.45, 2.75) is 18.6 Å². The van der Waals surface area contributed by atoms with Crippen LogP contribution in [0.2, 0.25) is 0 Å². The molecular weight excluding hydrogens is 278 g/mol. The predicted molar refractivity (Wildman–Crippen MR) is 72.9 cm³/mol. The molecule has 0 spiro atoms. The molecular formula is C14H15NO6. The topological polar surface area (TPSA) is 120 Å². The molecule has 0 fully saturated rings. The van der Waals surface area contributed by atoms with Crippen LogP contribution in [0.15, 0.2) is 24.4 Å². The molecule has 0 saturated heterocycles. The van der Waals surface area contributed by atoms with Gasteiger partial charge < -0.3 is 25.0 Å². The molecule has 2 atom stereocenters. The summed E-state index contributed by atoms with van der Waals surface area (Å²) in [4.78, 5) is 25.3. The largest absolute Gasteiger partial charge is 0.481 e. The summed E-state index contributed by atoms with van der Waals surface area (Å²) in [5.41, 5.74) is 1.04. The van der Waals surface area contributed by atoms with Gasteiger partial charge in [-0.15, -0.1) is 0 Å². The number of carboxylic acids is 1. The third-order valence-corrected chi connectivity index (χ3v) is 3.19. The molecule has 0 saturated carbocycles. The number of methoxy groups -OCH3 is 1. The number of aliphatic hydroxyl groups excluding tert-OH is 2. The first kappa shape index (κ1) is 15.0. The molecule has 1 heterocycles. The fourth-order valence-electron chi connectivity index (χ4n) is 2.15. The van der Waals surface area contributed by atoms with E-state index in [-0.39, 0.29) is 11.1 Å². The summed E-state index contributed by atoms with van der Waals surface area (Å²) < 4.78 is 4.68. The average molecular weight is 293 g/mol. The average Bonchev–Trinajstić information content (AvgIpc) is 2.91. The molecule has 1 aromatic heterocycles. The first-order valence-electron chi connectivity index (χ1n) is 6.21. The van der Waals surface area contributed by atoms with Gasteiger partial charge in [-0.05, 0) is 23.8 Å². The Labute approximate surface area is 119 Å². The van der Waals surface area contributed by atoms with E-state index in [4.69, 9.17) is 5.11 Å². The minimum absolute atomic E-state index is 0.229. The van der Waals surface area contributed by atoms with E-state index in [9.17, 15) is 19.8 Å². The number of nitrogens with one attached hydrogen (secondary N) is 1. The van der Waals surface area contributed by atoms with Crippen LogP contribution in [0, 0.1) is 0 Å². The van der Waals surface area contributed by atoms with Crippen LogP contribution in [0.4, 0.5) is 0 Å². The van der Waals surface area contributed by atoms with Crippen LogP contribution in [0.5, 0.6) is 0 Å². The van der Waals surface area contributed by atoms with Gasteiger partial charge in [-0.25, -0.2) is 4.79 Å². The van der Waals surface area contributed by atoms with Crippen LogP contribution in [0.1, 0.15) is 28.4 Å². The highest BCUT2D eigenvalue weighted by atomic mass is 16.5. The zero-order chi connectivity index (χ0) is 15.6. The molecule has 0 bridgehead atoms. The summed E-state index contributed by atoms with van der Waals surface area (Å²) in [5, 5.41) is 29.0. The lowest BCUT2D eigenvalue weighted by Gasteiger charge is -2.17. The molecule has 21 heavy (non-hydrogen) atoms. The Balaban J connectivity index is 2.44. The monoisotopic (exact) mass is 293 g/mol. The number of ether oxygens (including phenoxy) is 1. The molecule has 1 aromatic carbocycles. The predicted octanol–water partition coefficient (Wildman–Crippen LogP) is 0.823. The van der Waals surface area contributed by atoms with Gasteiger partial charge >= 0.3 is 11.9 Å². The highest BCUT2D eigenvalue weighted by Gasteiger charge is 2.23. The van der Waals surface area contributed by atoms with Crippen LogP contribution >= 0.6 is 0 Å². The number of aliphatic carboxylic acids is 1. The van der Waals surface area contributed by atoms with Gasteiger partial charge in [-0.1, -0.05) is 0 Å². The van der Waals surface area contributed by atoms with Crippen molar-refractivity contribution >= 4 is 22.8 Å². The van der Waals surface area contributed by atoms with Crippen molar-refractivity contribution in [1.82, 2.24) is 4.98 Å². The van der Waals surface area contributed by atoms with Crippen LogP contribution < -0.4 is 0 Å². The fraction of sp³-hybridized carbons (Fsp3) is 0.286. The maximum absolute atomic E-state index is 11.8. The van der Waals surface area contributed by atoms with Crippen LogP contribution in [0.25, 0.3) is 10.9 Å². The van der Waals surface area contributed by atoms with Crippen molar-refractivity contribution in [2.24, 2.45) is 0 Å². The van der Waals surface area contributed by atoms with Gasteiger partial charge in [0.1, 0.15) is 6.10 Å². The molecule has 0 radical (unpaired) electrons. The van der Waals surface area contributed by atoms with Crippen molar-refractivity contribution in [1.29, 1.82) is 0 Å². The molecule has 0 aliphatic heterocycles. The van der Waals surface area contributed by atoms with Gasteiger partial charge in [0.2, 0.25) is 0 Å². The lowest BCUT2D eigenvalue weighted by molar-refractivity contribution is -0.141. The van der Waals surface area contributed by atoms with Crippen molar-refractivity contribution in [3.05, 3.63) is 35.5 Å². The van der Waals surface area contributed by atoms with Crippen LogP contribution in [-0.2, 0) is 9.53 Å². The number of esters is 1. The van der Waals surface area contributed by atoms with E-state index < -0.39 is 30.6 Å². The third kappa shape index (κ3) is 3.04. The smallest absolute Gasteiger partial charge is 0.338 e. The summed E-state index contributed by atoms with van der Waals surface area (Å²) in [6.45, 7) is 0. The standard InChI is InChI=1S/C14H15NO6/c1-21-14(20)9-4-7(5-10-8(9)2-3-15-10)13(19)11(16)6-12(17)18/h2-5,11,13,15-16,19H,6H2,1H3,(H,17,18). The van der Waals surface area contributed by atoms with Crippen LogP contribution in [-0.4, -0.2) is 45.5 Å². The number of hydrogen-bond donors (Lipinski definition) is 4. The molecule has 112 valence electrons. The number of fused-ring (bicyclic) bond motifs is 1. The Morgan fingerprint density at radius 2 is 2.05 bits per heavy atom. The minimum atomic E-state index is -1.47. The number of H-pyrrole nitrogens is 1. The summed E-state index contributed by atoms with van der Waals surface area (Å²) in [6.07, 6.45) is -1.86. The number of carbonyl (C=O) groups is 2. The maximum atomic E-state index is 11.8. The quantitative estimate of drug-likeness (QED) is 0.606. The van der Waals surface area contributed by atoms with E-state index in [1.54, 1.807) is 18.3 Å². The van der Waals surface area contributed by atoms with Gasteiger partial charge in [0.25, 0.3) is 0 Å². The number of rotatable bonds is 5. The minimum Gasteiger partial charge on any atom is -0.481 e. The highest BCUT2D eigenvalue weighted by Crippen LogP contribution is 2.27. The first-order valence-corrected chi connectivity index (χ1v) is 6.21. The molecule has 7 nitrogen and oxygen atoms in total. The number of carboxylic acid groups (broad SMARTS) is 1. The van der Waals surface area contributed by atoms with Crippen molar-refractivity contribution in [3.8, 4) is 0 Å². The number of aromatic nitrogens is 1. The zero-order valence-corrected chi connectivity index (χ0v) is 11.2. The van der Waals surface area contributed by atoms with E-state index >= 15 is 0 Å². The van der Waals surface area contributed by atoms with Crippen LogP contribution in [0.3, 0.4) is 0 Å². The molecule has 0 aliphatic carbocycles. The summed E-state index contributed by atoms with van der Waals surface area (Å²) in [5.74, 6) is -1.81. The Bertz CT molecular complexity index is 677. The second-order valence-corrected chi connectivity index (χ2v) is 4.61. The summed E-state index contributed by atoms with van der Waals surface area (Å²) in [6, 6.07) is 4.63. The number of hydrogen-bond acceptors (Lipinski definition) is 5. The third-order valence-electron chi connectivity index (χ3n) is 3.19. The number of aliphatic hydroxyl groups is 2. The fourth-order valence-corrected chi connectivity index (χ4v) is 2.15. The van der Waals surface area contributed by atoms with Crippen molar-refractivity contribution < 1.29 is 29.6 Å². The van der Waals surface area contributed by atoms with Crippen molar-refractivity contribution in [2.75, 3.05) is 7.11 Å². The molecule has 0 amide bonds. The Morgan fingerprint density at radius 3 is 2.67 bits per heavy atom. The number of aromatic amines is 1. The maximum Gasteiger partial charge on any atom is 0.338 e. The van der Waals surface area contributed by atoms with E-state index in [0.29, 0.717) is 10.9 Å². The molecule has 2 unspecified atom stereocenters. The normalized spacial score (nSPS) is 13.9. The van der Waals surface area contributed by atoms with Gasteiger partial charge in [0.15, 0.2) is 0 Å². The number of carbonyl (C=O) groups excluding carboxylic acids is 1. The van der Waals surface area contributed by atoms with Gasteiger partial charge in [-0.3, -0.25) is 4.79 Å². The van der Waals surface area contributed by atoms with E-state index in [1.807, 2.05) is 0 Å². The molecule has 0 aliphatic rings. The zero-order valence-electron chi connectivity index (χ0n) is 11.2. The summed E-state index contributed by atoms with van der Waals surface area (Å²) >= 11 is 0. The molecule has 4 N–H and O–H groups in total. The van der Waals surface area contributed by atoms with E-state index in [1.165, 1.54) is 13.2 Å². The molecule has 2 aromatic rings. The first-order chi connectivity index (χ1) is 9.93. The summed E-state index contributed by atoms with van der Waals surface area (Å²) in [7, 11) is 1.24. The van der Waals surface area contributed by atoms with E-state index in [2.05, 4.69) is 9.72 Å². The SMILES string of the molecule is COC(=O)c1cc(C(O)C(O)CC(=O)O)cc2[nH]ccc12. The van der Waals surface area contributed by atoms with Gasteiger partial charge in [0, 0.05) is 17.1 Å². The van der Waals surface area contributed by atoms with Crippen molar-refractivity contribution in [3.63, 3.8) is 0 Å². The second-order valence-electron chi connectivity index (χ2n) is 4.61. The molecule has 7 heteroatoms. The lowest BCUT2D eigenvalue weighted by Crippen LogP contribution is -2.22. The highest BCUT2D eigenvalue weighted by molar-refractivity contribution is 6.04. The Kier molecular flexibility index (Phi) is 4.25. The lowest BCUT2D eigenvalue weighted by atomic mass is 9.98. The molecule has 2 rings (SSSR count).